The number of carbonyl (C=O) groups is 2. The number of hydrogen-bond acceptors (Lipinski definition) is 4. The van der Waals surface area contributed by atoms with E-state index < -0.39 is 0 Å². The Morgan fingerprint density at radius 1 is 1.00 bits per heavy atom. The van der Waals surface area contributed by atoms with Crippen molar-refractivity contribution in [2.45, 2.75) is 39.4 Å². The van der Waals surface area contributed by atoms with Crippen LogP contribution in [0.15, 0.2) is 54.6 Å². The van der Waals surface area contributed by atoms with Gasteiger partial charge in [-0.25, -0.2) is 4.79 Å². The normalized spacial score (nSPS) is 11.6. The third kappa shape index (κ3) is 5.23. The summed E-state index contributed by atoms with van der Waals surface area (Å²) in [5, 5.41) is 0. The maximum atomic E-state index is 12.1. The monoisotopic (exact) mass is 326 g/mol. The molecule has 0 aliphatic carbocycles. The van der Waals surface area contributed by atoms with E-state index in [-0.39, 0.29) is 24.6 Å². The van der Waals surface area contributed by atoms with E-state index in [1.807, 2.05) is 44.2 Å². The fourth-order valence-corrected chi connectivity index (χ4v) is 2.22. The Bertz CT molecular complexity index is 662. The largest absolute Gasteiger partial charge is 0.458 e. The minimum absolute atomic E-state index is 0.212. The highest BCUT2D eigenvalue weighted by atomic mass is 16.5. The summed E-state index contributed by atoms with van der Waals surface area (Å²) in [7, 11) is 0. The maximum Gasteiger partial charge on any atom is 0.338 e. The van der Waals surface area contributed by atoms with Crippen LogP contribution in [0.25, 0.3) is 0 Å². The van der Waals surface area contributed by atoms with Gasteiger partial charge in [-0.15, -0.1) is 0 Å². The highest BCUT2D eigenvalue weighted by Gasteiger charge is 2.13. The van der Waals surface area contributed by atoms with Crippen LogP contribution in [0.3, 0.4) is 0 Å². The van der Waals surface area contributed by atoms with E-state index in [0.717, 1.165) is 17.5 Å². The van der Waals surface area contributed by atoms with E-state index in [2.05, 4.69) is 0 Å². The van der Waals surface area contributed by atoms with Crippen molar-refractivity contribution in [3.05, 3.63) is 71.3 Å². The molecule has 24 heavy (non-hydrogen) atoms. The van der Waals surface area contributed by atoms with Crippen molar-refractivity contribution < 1.29 is 19.1 Å². The Labute approximate surface area is 142 Å². The first-order valence-electron chi connectivity index (χ1n) is 8.10. The van der Waals surface area contributed by atoms with Crippen LogP contribution in [0.2, 0.25) is 0 Å². The topological polar surface area (TPSA) is 52.6 Å². The van der Waals surface area contributed by atoms with E-state index in [1.54, 1.807) is 24.3 Å². The van der Waals surface area contributed by atoms with Crippen LogP contribution in [-0.2, 0) is 20.9 Å². The maximum absolute atomic E-state index is 12.1. The van der Waals surface area contributed by atoms with Gasteiger partial charge in [0.15, 0.2) is 0 Å². The number of rotatable bonds is 7. The zero-order valence-electron chi connectivity index (χ0n) is 14.0. The molecule has 0 saturated carbocycles. The molecule has 0 heterocycles. The summed E-state index contributed by atoms with van der Waals surface area (Å²) in [6.07, 6.45) is 0.838. The molecule has 0 bridgehead atoms. The molecule has 0 aliphatic heterocycles. The van der Waals surface area contributed by atoms with Crippen molar-refractivity contribution >= 4 is 11.9 Å². The average Bonchev–Trinajstić information content (AvgIpc) is 2.61. The Balaban J connectivity index is 1.91. The summed E-state index contributed by atoms with van der Waals surface area (Å²) >= 11 is 0. The van der Waals surface area contributed by atoms with Crippen molar-refractivity contribution in [1.82, 2.24) is 0 Å². The molecule has 0 N–H and O–H groups in total. The minimum atomic E-state index is -0.374. The van der Waals surface area contributed by atoms with Gasteiger partial charge in [0.25, 0.3) is 0 Å². The van der Waals surface area contributed by atoms with Crippen molar-refractivity contribution in [2.75, 3.05) is 0 Å². The van der Waals surface area contributed by atoms with Crippen molar-refractivity contribution in [2.24, 2.45) is 0 Å². The van der Waals surface area contributed by atoms with Crippen LogP contribution in [0.5, 0.6) is 0 Å². The van der Waals surface area contributed by atoms with Crippen LogP contribution in [0.1, 0.15) is 54.3 Å². The Hall–Kier alpha value is -2.62. The lowest BCUT2D eigenvalue weighted by Gasteiger charge is -2.13. The molecule has 2 rings (SSSR count). The summed E-state index contributed by atoms with van der Waals surface area (Å²) in [6, 6.07) is 16.5. The van der Waals surface area contributed by atoms with Gasteiger partial charge in [0.05, 0.1) is 5.56 Å². The van der Waals surface area contributed by atoms with E-state index in [1.165, 1.54) is 0 Å². The summed E-state index contributed by atoms with van der Waals surface area (Å²) in [6.45, 7) is 3.99. The molecule has 4 heteroatoms. The number of carbonyl (C=O) groups excluding carboxylic acids is 2. The van der Waals surface area contributed by atoms with Gasteiger partial charge in [0, 0.05) is 6.42 Å². The summed E-state index contributed by atoms with van der Waals surface area (Å²) < 4.78 is 10.6. The number of esters is 2. The lowest BCUT2D eigenvalue weighted by Crippen LogP contribution is -2.09. The average molecular weight is 326 g/mol. The highest BCUT2D eigenvalue weighted by Crippen LogP contribution is 2.19. The first-order chi connectivity index (χ1) is 11.6. The van der Waals surface area contributed by atoms with Gasteiger partial charge in [-0.2, -0.15) is 0 Å². The van der Waals surface area contributed by atoms with E-state index >= 15 is 0 Å². The van der Waals surface area contributed by atoms with Gasteiger partial charge < -0.3 is 9.47 Å². The summed E-state index contributed by atoms with van der Waals surface area (Å²) in [5.74, 6) is -0.586. The molecule has 4 nitrogen and oxygen atoms in total. The number of benzene rings is 2. The van der Waals surface area contributed by atoms with Gasteiger partial charge in [-0.1, -0.05) is 49.4 Å². The van der Waals surface area contributed by atoms with Crippen LogP contribution >= 0.6 is 0 Å². The van der Waals surface area contributed by atoms with Crippen LogP contribution in [0.4, 0.5) is 0 Å². The summed E-state index contributed by atoms with van der Waals surface area (Å²) in [4.78, 5) is 23.6. The molecule has 2 aromatic rings. The second kappa shape index (κ2) is 8.87. The SMILES string of the molecule is CCCC(=O)OC(C)c1ccc(C(=O)OCc2ccccc2)cc1. The van der Waals surface area contributed by atoms with Crippen LogP contribution in [-0.4, -0.2) is 11.9 Å². The molecule has 0 amide bonds. The molecule has 2 aromatic carbocycles. The van der Waals surface area contributed by atoms with Crippen molar-refractivity contribution in [3.8, 4) is 0 Å². The number of ether oxygens (including phenoxy) is 2. The first kappa shape index (κ1) is 17.7. The quantitative estimate of drug-likeness (QED) is 0.706. The van der Waals surface area contributed by atoms with Gasteiger partial charge in [0.1, 0.15) is 12.7 Å². The molecule has 126 valence electrons. The Morgan fingerprint density at radius 2 is 1.67 bits per heavy atom. The fraction of sp³-hybridized carbons (Fsp3) is 0.300. The molecule has 0 aliphatic rings. The lowest BCUT2D eigenvalue weighted by molar-refractivity contribution is -0.148. The standard InChI is InChI=1S/C20H22O4/c1-3-7-19(21)24-15(2)17-10-12-18(13-11-17)20(22)23-14-16-8-5-4-6-9-16/h4-6,8-13,15H,3,7,14H2,1-2H3. The molecule has 1 atom stereocenters. The smallest absolute Gasteiger partial charge is 0.338 e. The lowest BCUT2D eigenvalue weighted by atomic mass is 10.1. The third-order valence-electron chi connectivity index (χ3n) is 3.59. The molecule has 0 radical (unpaired) electrons. The second-order valence-corrected chi connectivity index (χ2v) is 5.57. The highest BCUT2D eigenvalue weighted by molar-refractivity contribution is 5.89. The molecule has 0 aromatic heterocycles. The fourth-order valence-electron chi connectivity index (χ4n) is 2.22. The van der Waals surface area contributed by atoms with Crippen LogP contribution < -0.4 is 0 Å². The van der Waals surface area contributed by atoms with Gasteiger partial charge in [-0.05, 0) is 36.6 Å². The van der Waals surface area contributed by atoms with Crippen molar-refractivity contribution in [3.63, 3.8) is 0 Å². The molecule has 1 unspecified atom stereocenters. The second-order valence-electron chi connectivity index (χ2n) is 5.57. The van der Waals surface area contributed by atoms with E-state index in [0.29, 0.717) is 12.0 Å². The zero-order chi connectivity index (χ0) is 17.4. The molecular formula is C20H22O4. The van der Waals surface area contributed by atoms with Gasteiger partial charge >= 0.3 is 11.9 Å². The predicted octanol–water partition coefficient (Wildman–Crippen LogP) is 4.45. The number of hydrogen-bond donors (Lipinski definition) is 0. The summed E-state index contributed by atoms with van der Waals surface area (Å²) in [5.41, 5.74) is 2.26. The molecule has 0 saturated heterocycles. The van der Waals surface area contributed by atoms with E-state index in [9.17, 15) is 9.59 Å². The predicted molar refractivity (Wildman–Crippen MR) is 91.4 cm³/mol. The van der Waals surface area contributed by atoms with Gasteiger partial charge in [-0.3, -0.25) is 4.79 Å². The Morgan fingerprint density at radius 3 is 2.29 bits per heavy atom. The Kier molecular flexibility index (Phi) is 6.55. The third-order valence-corrected chi connectivity index (χ3v) is 3.59. The molecule has 0 fully saturated rings. The van der Waals surface area contributed by atoms with Gasteiger partial charge in [0.2, 0.25) is 0 Å². The molecule has 0 spiro atoms. The molecular weight excluding hydrogens is 304 g/mol. The first-order valence-corrected chi connectivity index (χ1v) is 8.10. The minimum Gasteiger partial charge on any atom is -0.458 e. The zero-order valence-corrected chi connectivity index (χ0v) is 14.0. The van der Waals surface area contributed by atoms with Crippen molar-refractivity contribution in [1.29, 1.82) is 0 Å². The van der Waals surface area contributed by atoms with Crippen LogP contribution in [0, 0.1) is 0 Å². The van der Waals surface area contributed by atoms with E-state index in [4.69, 9.17) is 9.47 Å².